The van der Waals surface area contributed by atoms with Crippen LogP contribution in [0.5, 0.6) is 40.2 Å². The van der Waals surface area contributed by atoms with Crippen molar-refractivity contribution in [1.29, 1.82) is 5.26 Å². The van der Waals surface area contributed by atoms with Gasteiger partial charge in [0.15, 0.2) is 40.0 Å². The third-order valence-corrected chi connectivity index (χ3v) is 13.7. The van der Waals surface area contributed by atoms with Gasteiger partial charge in [0.1, 0.15) is 25.0 Å². The average molecular weight is 857 g/mol. The van der Waals surface area contributed by atoms with E-state index in [4.69, 9.17) is 37.9 Å². The summed E-state index contributed by atoms with van der Waals surface area (Å²) in [5, 5.41) is 26.4. The Kier molecular flexibility index (Phi) is 11.2. The molecule has 0 aromatic heterocycles. The van der Waals surface area contributed by atoms with E-state index in [1.807, 2.05) is 36.9 Å². The summed E-state index contributed by atoms with van der Waals surface area (Å²) in [7, 11) is 6.75. The number of thioether (sulfide) groups is 1. The summed E-state index contributed by atoms with van der Waals surface area (Å²) in [4.78, 5) is 44.7. The highest BCUT2D eigenvalue weighted by Crippen LogP contribution is 2.65. The van der Waals surface area contributed by atoms with Crippen LogP contribution >= 0.6 is 11.8 Å². The molecule has 1 saturated heterocycles. The zero-order valence-electron chi connectivity index (χ0n) is 35.0. The Balaban J connectivity index is 1.40. The van der Waals surface area contributed by atoms with Crippen molar-refractivity contribution < 1.29 is 57.4 Å². The first-order valence-corrected chi connectivity index (χ1v) is 20.9. The number of benzene rings is 3. The lowest BCUT2D eigenvalue weighted by Crippen LogP contribution is -2.58. The fourth-order valence-electron chi connectivity index (χ4n) is 9.70. The first kappa shape index (κ1) is 42.0. The van der Waals surface area contributed by atoms with Gasteiger partial charge in [0.25, 0.3) is 0 Å². The van der Waals surface area contributed by atoms with Gasteiger partial charge in [-0.3, -0.25) is 15.0 Å². The Bertz CT molecular complexity index is 2380. The zero-order valence-corrected chi connectivity index (χ0v) is 35.9. The topological polar surface area (TPSA) is 188 Å². The molecule has 1 fully saturated rings. The highest BCUT2D eigenvalue weighted by molar-refractivity contribution is 7.99. The molecule has 0 amide bonds. The number of methoxy groups -OCH3 is 2. The van der Waals surface area contributed by atoms with Crippen LogP contribution in [0.2, 0.25) is 0 Å². The zero-order chi connectivity index (χ0) is 43.5. The molecule has 0 unspecified atom stereocenters. The van der Waals surface area contributed by atoms with Gasteiger partial charge >= 0.3 is 18.1 Å². The highest BCUT2D eigenvalue weighted by Gasteiger charge is 2.57. The third-order valence-electron chi connectivity index (χ3n) is 12.3. The van der Waals surface area contributed by atoms with E-state index >= 15 is 4.79 Å². The van der Waals surface area contributed by atoms with E-state index < -0.39 is 53.1 Å². The second-order valence-electron chi connectivity index (χ2n) is 15.8. The van der Waals surface area contributed by atoms with Gasteiger partial charge in [0, 0.05) is 47.5 Å². The van der Waals surface area contributed by atoms with Crippen molar-refractivity contribution in [3.05, 3.63) is 75.4 Å². The number of hydrogen-bond acceptors (Lipinski definition) is 17. The first-order chi connectivity index (χ1) is 29.3. The lowest BCUT2D eigenvalue weighted by Gasteiger charge is -2.51. The van der Waals surface area contributed by atoms with Gasteiger partial charge in [-0.25, -0.2) is 9.59 Å². The standard InChI is InChI=1S/C44H48N4O12S/c1-9-12-55-43(52)60-31-15-24-10-11-46-44(26(24)16-30(31)53-7)19-61-41-34-33(40-39(57-20-58-40)22(3)38(34)59-23(4)49)29(18-56-42(44)51)48-28(17-45)27(47(5)6)14-25-13-21(2)37(54-8)36(50)32(25)35(41)48/h9,13,15-16,27-29,35,41,46,50H,1,10-12,14,18-20H2,2-8H3/t27-,28-,29-,35+,41+,44+/m0/s1. The van der Waals surface area contributed by atoms with E-state index in [0.717, 1.165) is 11.1 Å². The summed E-state index contributed by atoms with van der Waals surface area (Å²) in [6.07, 6.45) is 1.34. The summed E-state index contributed by atoms with van der Waals surface area (Å²) in [6.45, 7) is 8.48. The molecule has 1 spiro atoms. The summed E-state index contributed by atoms with van der Waals surface area (Å²) >= 11 is 1.39. The number of ether oxygens (including phenoxy) is 8. The molecular formula is C44H48N4O12S. The van der Waals surface area contributed by atoms with Crippen LogP contribution in [0.1, 0.15) is 68.8 Å². The molecule has 3 aromatic carbocycles. The minimum absolute atomic E-state index is 0.0447. The van der Waals surface area contributed by atoms with Crippen molar-refractivity contribution in [2.45, 2.75) is 68.6 Å². The van der Waals surface area contributed by atoms with Crippen LogP contribution in [-0.2, 0) is 37.4 Å². The van der Waals surface area contributed by atoms with Crippen LogP contribution in [-0.4, -0.2) is 106 Å². The first-order valence-electron chi connectivity index (χ1n) is 19.9. The number of esters is 2. The molecule has 17 heteroatoms. The predicted octanol–water partition coefficient (Wildman–Crippen LogP) is 5.23. The van der Waals surface area contributed by atoms with Gasteiger partial charge < -0.3 is 47.9 Å². The lowest BCUT2D eigenvalue weighted by atomic mass is 9.80. The van der Waals surface area contributed by atoms with Gasteiger partial charge in [-0.2, -0.15) is 5.26 Å². The van der Waals surface area contributed by atoms with E-state index in [9.17, 15) is 20.0 Å². The largest absolute Gasteiger partial charge is 0.514 e. The highest BCUT2D eigenvalue weighted by atomic mass is 32.2. The van der Waals surface area contributed by atoms with Gasteiger partial charge in [-0.05, 0) is 75.2 Å². The van der Waals surface area contributed by atoms with Crippen LogP contribution in [0.15, 0.2) is 30.9 Å². The Hall–Kier alpha value is -5.67. The predicted molar refractivity (Wildman–Crippen MR) is 221 cm³/mol. The summed E-state index contributed by atoms with van der Waals surface area (Å²) in [5.41, 5.74) is 3.57. The quantitative estimate of drug-likeness (QED) is 0.136. The summed E-state index contributed by atoms with van der Waals surface area (Å²) in [6, 6.07) is 5.06. The SMILES string of the molecule is C=CCOC(=O)Oc1cc2c(cc1OC)[C@@]1(CS[C@@H]3c4c(OC(C)=O)c(C)c5c(c4[C@H](COC1=O)N1[C@@H]3c3c(cc(C)c(OC)c3O)C[C@H](N(C)C)[C@@H]1C#N)OCO5)NCC2. The van der Waals surface area contributed by atoms with E-state index in [-0.39, 0.29) is 48.8 Å². The molecule has 0 aliphatic carbocycles. The molecule has 2 N–H and O–H groups in total. The number of aryl methyl sites for hydroxylation is 1. The van der Waals surface area contributed by atoms with Crippen molar-refractivity contribution in [2.24, 2.45) is 0 Å². The monoisotopic (exact) mass is 856 g/mol. The second-order valence-corrected chi connectivity index (χ2v) is 17.0. The van der Waals surface area contributed by atoms with E-state index in [2.05, 4.69) is 18.0 Å². The van der Waals surface area contributed by atoms with Crippen LogP contribution < -0.4 is 33.7 Å². The smallest absolute Gasteiger partial charge is 0.504 e. The molecule has 0 radical (unpaired) electrons. The molecule has 16 nitrogen and oxygen atoms in total. The summed E-state index contributed by atoms with van der Waals surface area (Å²) in [5.74, 6) is 0.470. The van der Waals surface area contributed by atoms with Crippen molar-refractivity contribution in [1.82, 2.24) is 15.1 Å². The van der Waals surface area contributed by atoms with Crippen LogP contribution in [0.25, 0.3) is 0 Å². The number of fused-ring (bicyclic) bond motifs is 6. The van der Waals surface area contributed by atoms with Crippen LogP contribution in [0.3, 0.4) is 0 Å². The molecular weight excluding hydrogens is 809 g/mol. The number of carbonyl (C=O) groups is 3. The number of rotatable bonds is 7. The summed E-state index contributed by atoms with van der Waals surface area (Å²) < 4.78 is 47.1. The van der Waals surface area contributed by atoms with Gasteiger partial charge in [0.05, 0.1) is 37.6 Å². The molecule has 6 atom stereocenters. The minimum atomic E-state index is -1.48. The van der Waals surface area contributed by atoms with Crippen molar-refractivity contribution >= 4 is 29.9 Å². The van der Waals surface area contributed by atoms with E-state index in [1.54, 1.807) is 19.1 Å². The number of phenols is 1. The molecule has 61 heavy (non-hydrogen) atoms. The minimum Gasteiger partial charge on any atom is -0.504 e. The van der Waals surface area contributed by atoms with E-state index in [1.165, 1.54) is 39.0 Å². The number of carbonyl (C=O) groups excluding carboxylic acids is 3. The van der Waals surface area contributed by atoms with Gasteiger partial charge in [-0.15, -0.1) is 11.8 Å². The fraction of sp³-hybridized carbons (Fsp3) is 0.455. The Morgan fingerprint density at radius 1 is 1.07 bits per heavy atom. The van der Waals surface area contributed by atoms with Crippen molar-refractivity contribution in [3.8, 4) is 46.3 Å². The Morgan fingerprint density at radius 2 is 1.84 bits per heavy atom. The van der Waals surface area contributed by atoms with Crippen molar-refractivity contribution in [3.63, 3.8) is 0 Å². The molecule has 6 aliphatic rings. The molecule has 9 rings (SSSR count). The van der Waals surface area contributed by atoms with Crippen molar-refractivity contribution in [2.75, 3.05) is 60.6 Å². The number of hydrogen-bond donors (Lipinski definition) is 2. The Morgan fingerprint density at radius 3 is 2.52 bits per heavy atom. The maximum absolute atomic E-state index is 15.0. The molecule has 6 aliphatic heterocycles. The number of likely N-dealkylation sites (N-methyl/N-ethyl adjacent to an activating group) is 1. The number of nitriles is 1. The third kappa shape index (κ3) is 6.76. The number of phenolic OH excluding ortho intramolecular Hbond substituents is 1. The number of nitrogens with zero attached hydrogens (tertiary/aromatic N) is 3. The second kappa shape index (κ2) is 16.3. The molecule has 2 bridgehead atoms. The maximum Gasteiger partial charge on any atom is 0.514 e. The van der Waals surface area contributed by atoms with Gasteiger partial charge in [-0.1, -0.05) is 18.7 Å². The normalized spacial score (nSPS) is 24.8. The molecule has 6 heterocycles. The van der Waals surface area contributed by atoms with Crippen LogP contribution in [0.4, 0.5) is 4.79 Å². The van der Waals surface area contributed by atoms with Crippen LogP contribution in [0, 0.1) is 25.2 Å². The maximum atomic E-state index is 15.0. The Labute approximate surface area is 357 Å². The average Bonchev–Trinajstić information content (AvgIpc) is 3.67. The molecule has 0 saturated carbocycles. The number of aromatic hydroxyl groups is 1. The van der Waals surface area contributed by atoms with Gasteiger partial charge in [0.2, 0.25) is 6.79 Å². The lowest BCUT2D eigenvalue weighted by molar-refractivity contribution is -0.155. The fourth-order valence-corrected chi connectivity index (χ4v) is 11.4. The number of nitrogens with one attached hydrogen (secondary N) is 1. The van der Waals surface area contributed by atoms with E-state index in [0.29, 0.717) is 70.0 Å². The molecule has 322 valence electrons. The molecule has 3 aromatic rings.